The van der Waals surface area contributed by atoms with Crippen LogP contribution in [0, 0.1) is 0 Å². The van der Waals surface area contributed by atoms with Gasteiger partial charge in [-0.2, -0.15) is 13.0 Å². The van der Waals surface area contributed by atoms with E-state index in [1.54, 1.807) is 7.11 Å². The zero-order valence-corrected chi connectivity index (χ0v) is 14.8. The van der Waals surface area contributed by atoms with E-state index < -0.39 is 10.4 Å². The van der Waals surface area contributed by atoms with Crippen molar-refractivity contribution in [2.45, 2.75) is 0 Å². The van der Waals surface area contributed by atoms with Crippen molar-refractivity contribution >= 4 is 44.1 Å². The molecule has 0 bridgehead atoms. The van der Waals surface area contributed by atoms with Gasteiger partial charge in [-0.15, -0.1) is 0 Å². The molecule has 9 heteroatoms. The van der Waals surface area contributed by atoms with Crippen molar-refractivity contribution < 1.29 is 26.5 Å². The lowest BCUT2D eigenvalue weighted by Gasteiger charge is -2.03. The van der Waals surface area contributed by atoms with Crippen molar-refractivity contribution in [2.75, 3.05) is 14.2 Å². The standard InChI is InChI=1S/C14H12ClN2O.CH4O4S/c1-17-13-6-4-10(18-2)8-12(13)16-11-5-3-9(15)7-14(11)17;1-5-6(2,3)4/h3-8H,1-2H3;1H3,(H,2,3,4)/q+1;. The number of fused-ring (bicyclic) bond motifs is 2. The lowest BCUT2D eigenvalue weighted by Crippen LogP contribution is -2.30. The van der Waals surface area contributed by atoms with Gasteiger partial charge in [0.1, 0.15) is 23.8 Å². The number of rotatable bonds is 2. The third-order valence-electron chi connectivity index (χ3n) is 3.29. The zero-order valence-electron chi connectivity index (χ0n) is 13.2. The van der Waals surface area contributed by atoms with Gasteiger partial charge < -0.3 is 4.74 Å². The molecule has 2 aromatic carbocycles. The van der Waals surface area contributed by atoms with E-state index in [1.807, 2.05) is 43.4 Å². The third-order valence-corrected chi connectivity index (χ3v) is 3.95. The summed E-state index contributed by atoms with van der Waals surface area (Å²) in [7, 11) is 0.372. The Balaban J connectivity index is 0.000000301. The lowest BCUT2D eigenvalue weighted by molar-refractivity contribution is -0.617. The fraction of sp³-hybridized carbons (Fsp3) is 0.200. The molecule has 0 spiro atoms. The van der Waals surface area contributed by atoms with E-state index in [2.05, 4.69) is 13.7 Å². The van der Waals surface area contributed by atoms with Crippen molar-refractivity contribution in [1.82, 2.24) is 4.98 Å². The number of halogens is 1. The number of aromatic nitrogens is 2. The van der Waals surface area contributed by atoms with Gasteiger partial charge >= 0.3 is 10.4 Å². The molecule has 0 aliphatic rings. The zero-order chi connectivity index (χ0) is 17.9. The molecule has 0 saturated carbocycles. The molecule has 3 rings (SSSR count). The Kier molecular flexibility index (Phi) is 5.55. The highest BCUT2D eigenvalue weighted by atomic mass is 35.5. The molecule has 7 nitrogen and oxygen atoms in total. The maximum absolute atomic E-state index is 9.33. The highest BCUT2D eigenvalue weighted by Crippen LogP contribution is 2.21. The van der Waals surface area contributed by atoms with Gasteiger partial charge in [-0.3, -0.25) is 8.74 Å². The Labute approximate surface area is 144 Å². The molecule has 128 valence electrons. The Morgan fingerprint density at radius 1 is 1.08 bits per heavy atom. The molecule has 0 saturated heterocycles. The minimum absolute atomic E-state index is 0.716. The molecule has 24 heavy (non-hydrogen) atoms. The molecule has 0 fully saturated rings. The monoisotopic (exact) mass is 371 g/mol. The Hall–Kier alpha value is -2.00. The lowest BCUT2D eigenvalue weighted by atomic mass is 10.2. The Morgan fingerprint density at radius 2 is 1.75 bits per heavy atom. The SMILES string of the molecule is COS(=O)(=O)O.COc1ccc2c(c1)nc1ccc(Cl)cc1[n+]2C. The molecule has 1 N–H and O–H groups in total. The van der Waals surface area contributed by atoms with Crippen molar-refractivity contribution in [2.24, 2.45) is 7.05 Å². The first-order valence-electron chi connectivity index (χ1n) is 6.71. The number of benzene rings is 2. The molecule has 3 aromatic rings. The Morgan fingerprint density at radius 3 is 2.33 bits per heavy atom. The van der Waals surface area contributed by atoms with E-state index in [1.165, 1.54) is 0 Å². The molecule has 0 radical (unpaired) electrons. The summed E-state index contributed by atoms with van der Waals surface area (Å²) in [6.07, 6.45) is 0. The average Bonchev–Trinajstić information content (AvgIpc) is 2.55. The number of ether oxygens (including phenoxy) is 1. The normalized spacial score (nSPS) is 11.2. The minimum Gasteiger partial charge on any atom is -0.497 e. The molecule has 0 atom stereocenters. The summed E-state index contributed by atoms with van der Waals surface area (Å²) >= 11 is 6.03. The van der Waals surface area contributed by atoms with Crippen LogP contribution in [0.3, 0.4) is 0 Å². The molecule has 1 heterocycles. The fourth-order valence-electron chi connectivity index (χ4n) is 2.12. The Bertz CT molecular complexity index is 992. The van der Waals surface area contributed by atoms with Crippen LogP contribution in [-0.4, -0.2) is 32.2 Å². The fourth-order valence-corrected chi connectivity index (χ4v) is 2.29. The van der Waals surface area contributed by atoms with E-state index >= 15 is 0 Å². The van der Waals surface area contributed by atoms with Crippen LogP contribution in [-0.2, 0) is 21.6 Å². The van der Waals surface area contributed by atoms with Gasteiger partial charge in [-0.25, -0.2) is 4.98 Å². The van der Waals surface area contributed by atoms with Crippen LogP contribution >= 0.6 is 11.6 Å². The number of hydrogen-bond acceptors (Lipinski definition) is 5. The summed E-state index contributed by atoms with van der Waals surface area (Å²) in [6.45, 7) is 0. The first-order chi connectivity index (χ1) is 11.2. The van der Waals surface area contributed by atoms with Gasteiger partial charge in [0.15, 0.2) is 0 Å². The number of hydrogen-bond donors (Lipinski definition) is 1. The summed E-state index contributed by atoms with van der Waals surface area (Å²) in [5.41, 5.74) is 3.89. The molecule has 0 unspecified atom stereocenters. The van der Waals surface area contributed by atoms with Crippen LogP contribution in [0.5, 0.6) is 5.75 Å². The molecule has 0 aliphatic heterocycles. The second-order valence-electron chi connectivity index (χ2n) is 4.75. The summed E-state index contributed by atoms with van der Waals surface area (Å²) in [5.74, 6) is 0.809. The average molecular weight is 372 g/mol. The second kappa shape index (κ2) is 7.27. The van der Waals surface area contributed by atoms with Gasteiger partial charge in [0.2, 0.25) is 11.0 Å². The van der Waals surface area contributed by atoms with Gasteiger partial charge in [0, 0.05) is 23.2 Å². The van der Waals surface area contributed by atoms with Crippen LogP contribution in [0.25, 0.3) is 22.1 Å². The van der Waals surface area contributed by atoms with Crippen molar-refractivity contribution in [3.05, 3.63) is 41.4 Å². The molecule has 0 amide bonds. The molecule has 1 aromatic heterocycles. The quantitative estimate of drug-likeness (QED) is 0.422. The topological polar surface area (TPSA) is 89.6 Å². The van der Waals surface area contributed by atoms with Crippen molar-refractivity contribution in [3.63, 3.8) is 0 Å². The predicted octanol–water partition coefficient (Wildman–Crippen LogP) is 2.31. The van der Waals surface area contributed by atoms with Crippen LogP contribution in [0.2, 0.25) is 5.02 Å². The maximum Gasteiger partial charge on any atom is 0.397 e. The molecular weight excluding hydrogens is 356 g/mol. The van der Waals surface area contributed by atoms with Crippen LogP contribution in [0.4, 0.5) is 0 Å². The van der Waals surface area contributed by atoms with E-state index in [0.717, 1.165) is 34.9 Å². The number of methoxy groups -OCH3 is 1. The van der Waals surface area contributed by atoms with E-state index in [-0.39, 0.29) is 0 Å². The van der Waals surface area contributed by atoms with Gasteiger partial charge in [0.25, 0.3) is 0 Å². The van der Waals surface area contributed by atoms with Crippen LogP contribution in [0.1, 0.15) is 0 Å². The van der Waals surface area contributed by atoms with Gasteiger partial charge in [-0.1, -0.05) is 11.6 Å². The smallest absolute Gasteiger partial charge is 0.397 e. The summed E-state index contributed by atoms with van der Waals surface area (Å²) in [4.78, 5) is 4.63. The summed E-state index contributed by atoms with van der Waals surface area (Å²) < 4.78 is 37.0. The van der Waals surface area contributed by atoms with Crippen LogP contribution < -0.4 is 9.30 Å². The highest BCUT2D eigenvalue weighted by Gasteiger charge is 2.13. The van der Waals surface area contributed by atoms with E-state index in [9.17, 15) is 8.42 Å². The van der Waals surface area contributed by atoms with Crippen molar-refractivity contribution in [3.8, 4) is 5.75 Å². The predicted molar refractivity (Wildman–Crippen MR) is 90.5 cm³/mol. The van der Waals surface area contributed by atoms with Crippen LogP contribution in [0.15, 0.2) is 36.4 Å². The molecule has 0 aliphatic carbocycles. The number of nitrogens with zero attached hydrogens (tertiary/aromatic N) is 2. The van der Waals surface area contributed by atoms with E-state index in [0.29, 0.717) is 5.02 Å². The first kappa shape index (κ1) is 18.3. The maximum atomic E-state index is 9.33. The highest BCUT2D eigenvalue weighted by molar-refractivity contribution is 7.80. The third kappa shape index (κ3) is 4.30. The summed E-state index contributed by atoms with van der Waals surface area (Å²) in [6, 6.07) is 11.6. The first-order valence-corrected chi connectivity index (χ1v) is 8.45. The van der Waals surface area contributed by atoms with E-state index in [4.69, 9.17) is 20.9 Å². The van der Waals surface area contributed by atoms with Gasteiger partial charge in [-0.05, 0) is 18.2 Å². The largest absolute Gasteiger partial charge is 0.497 e. The van der Waals surface area contributed by atoms with Crippen molar-refractivity contribution in [1.29, 1.82) is 0 Å². The summed E-state index contributed by atoms with van der Waals surface area (Å²) in [5, 5.41) is 0.716. The second-order valence-corrected chi connectivity index (χ2v) is 6.38. The number of aryl methyl sites for hydroxylation is 1. The minimum atomic E-state index is -4.16. The molecular formula is C15H16ClN2O5S+. The van der Waals surface area contributed by atoms with Gasteiger partial charge in [0.05, 0.1) is 14.2 Å².